The van der Waals surface area contributed by atoms with E-state index in [1.807, 2.05) is 12.1 Å². The Hall–Kier alpha value is -0.600. The summed E-state index contributed by atoms with van der Waals surface area (Å²) in [5.74, 6) is 0. The Bertz CT molecular complexity index is 455. The first kappa shape index (κ1) is 13.8. The van der Waals surface area contributed by atoms with Crippen LogP contribution in [0.15, 0.2) is 22.7 Å². The van der Waals surface area contributed by atoms with Crippen LogP contribution in [0.25, 0.3) is 0 Å². The van der Waals surface area contributed by atoms with E-state index in [2.05, 4.69) is 27.3 Å². The minimum absolute atomic E-state index is 0.218. The van der Waals surface area contributed by atoms with Crippen molar-refractivity contribution >= 4 is 27.5 Å². The molecule has 0 radical (unpaired) electrons. The van der Waals surface area contributed by atoms with Crippen molar-refractivity contribution in [1.29, 1.82) is 5.26 Å². The van der Waals surface area contributed by atoms with Crippen molar-refractivity contribution < 1.29 is 4.74 Å². The zero-order valence-corrected chi connectivity index (χ0v) is 12.2. The van der Waals surface area contributed by atoms with E-state index < -0.39 is 6.04 Å². The van der Waals surface area contributed by atoms with Gasteiger partial charge in [0.15, 0.2) is 0 Å². The molecule has 1 aromatic carbocycles. The van der Waals surface area contributed by atoms with E-state index >= 15 is 0 Å². The Balaban J connectivity index is 2.01. The molecule has 0 bridgehead atoms. The summed E-state index contributed by atoms with van der Waals surface area (Å²) >= 11 is 9.50. The molecule has 18 heavy (non-hydrogen) atoms. The molecule has 0 spiro atoms. The molecule has 1 aliphatic heterocycles. The summed E-state index contributed by atoms with van der Waals surface area (Å²) in [5, 5.41) is 13.0. The van der Waals surface area contributed by atoms with E-state index in [4.69, 9.17) is 16.3 Å². The second-order valence-electron chi connectivity index (χ2n) is 4.27. The van der Waals surface area contributed by atoms with Gasteiger partial charge < -0.3 is 4.74 Å². The Morgan fingerprint density at radius 1 is 1.61 bits per heavy atom. The number of nitrogens with one attached hydrogen (secondary N) is 1. The topological polar surface area (TPSA) is 45.0 Å². The average molecular weight is 330 g/mol. The second-order valence-corrected chi connectivity index (χ2v) is 5.59. The number of hydrogen-bond donors (Lipinski definition) is 1. The van der Waals surface area contributed by atoms with Crippen LogP contribution in [0.1, 0.15) is 24.4 Å². The lowest BCUT2D eigenvalue weighted by atomic mass is 10.1. The zero-order chi connectivity index (χ0) is 13.0. The lowest BCUT2D eigenvalue weighted by Crippen LogP contribution is -2.29. The van der Waals surface area contributed by atoms with Crippen molar-refractivity contribution in [2.45, 2.75) is 25.0 Å². The van der Waals surface area contributed by atoms with E-state index in [1.165, 1.54) is 0 Å². The third-order valence-corrected chi connectivity index (χ3v) is 3.80. The molecule has 1 N–H and O–H groups in total. The maximum Gasteiger partial charge on any atom is 0.122 e. The van der Waals surface area contributed by atoms with Crippen LogP contribution in [0.3, 0.4) is 0 Å². The predicted octanol–water partition coefficient (Wildman–Crippen LogP) is 3.44. The molecule has 0 aromatic heterocycles. The van der Waals surface area contributed by atoms with Crippen molar-refractivity contribution in [2.24, 2.45) is 0 Å². The SMILES string of the molecule is N#CC(NCC1CCCO1)c1ccc(Br)cc1Cl. The molecular formula is C13H14BrClN2O. The first-order valence-electron chi connectivity index (χ1n) is 5.90. The molecule has 0 saturated carbocycles. The van der Waals surface area contributed by atoms with Crippen LogP contribution < -0.4 is 5.32 Å². The monoisotopic (exact) mass is 328 g/mol. The molecule has 2 rings (SSSR count). The van der Waals surface area contributed by atoms with Crippen molar-refractivity contribution in [3.8, 4) is 6.07 Å². The summed E-state index contributed by atoms with van der Waals surface area (Å²) in [6.07, 6.45) is 2.37. The molecule has 1 fully saturated rings. The molecule has 2 atom stereocenters. The second kappa shape index (κ2) is 6.53. The Labute approximate surface area is 120 Å². The highest BCUT2D eigenvalue weighted by Gasteiger charge is 2.19. The minimum Gasteiger partial charge on any atom is -0.377 e. The Morgan fingerprint density at radius 3 is 3.06 bits per heavy atom. The van der Waals surface area contributed by atoms with Crippen LogP contribution in [0.5, 0.6) is 0 Å². The fourth-order valence-corrected chi connectivity index (χ4v) is 2.80. The van der Waals surface area contributed by atoms with Gasteiger partial charge in [-0.2, -0.15) is 5.26 Å². The number of nitriles is 1. The molecule has 1 heterocycles. The molecule has 1 aromatic rings. The quantitative estimate of drug-likeness (QED) is 0.920. The van der Waals surface area contributed by atoms with Crippen molar-refractivity contribution in [2.75, 3.05) is 13.2 Å². The van der Waals surface area contributed by atoms with Gasteiger partial charge >= 0.3 is 0 Å². The van der Waals surface area contributed by atoms with E-state index in [1.54, 1.807) is 6.07 Å². The largest absolute Gasteiger partial charge is 0.377 e. The van der Waals surface area contributed by atoms with Gasteiger partial charge in [0, 0.05) is 28.2 Å². The number of nitrogens with zero attached hydrogens (tertiary/aromatic N) is 1. The summed E-state index contributed by atoms with van der Waals surface area (Å²) in [6, 6.07) is 7.40. The molecule has 1 aliphatic rings. The van der Waals surface area contributed by atoms with Crippen LogP contribution in [0, 0.1) is 11.3 Å². The molecule has 3 nitrogen and oxygen atoms in total. The Kier molecular flexibility index (Phi) is 5.02. The molecule has 96 valence electrons. The normalized spacial score (nSPS) is 20.6. The highest BCUT2D eigenvalue weighted by Crippen LogP contribution is 2.26. The van der Waals surface area contributed by atoms with Gasteiger partial charge in [0.05, 0.1) is 12.2 Å². The van der Waals surface area contributed by atoms with Gasteiger partial charge in [-0.1, -0.05) is 33.6 Å². The molecular weight excluding hydrogens is 316 g/mol. The summed E-state index contributed by atoms with van der Waals surface area (Å²) in [5.41, 5.74) is 0.806. The van der Waals surface area contributed by atoms with E-state index in [-0.39, 0.29) is 6.10 Å². The van der Waals surface area contributed by atoms with Gasteiger partial charge in [0.2, 0.25) is 0 Å². The standard InChI is InChI=1S/C13H14BrClN2O/c14-9-3-4-11(12(15)6-9)13(7-16)17-8-10-2-1-5-18-10/h3-4,6,10,13,17H,1-2,5,8H2. The lowest BCUT2D eigenvalue weighted by molar-refractivity contribution is 0.109. The lowest BCUT2D eigenvalue weighted by Gasteiger charge is -2.16. The summed E-state index contributed by atoms with van der Waals surface area (Å²) in [4.78, 5) is 0. The molecule has 0 aliphatic carbocycles. The maximum absolute atomic E-state index is 9.22. The Morgan fingerprint density at radius 2 is 2.44 bits per heavy atom. The van der Waals surface area contributed by atoms with E-state index in [0.717, 1.165) is 29.5 Å². The first-order valence-corrected chi connectivity index (χ1v) is 7.07. The highest BCUT2D eigenvalue weighted by molar-refractivity contribution is 9.10. The van der Waals surface area contributed by atoms with Gasteiger partial charge in [0.25, 0.3) is 0 Å². The number of rotatable bonds is 4. The molecule has 0 amide bonds. The third-order valence-electron chi connectivity index (χ3n) is 2.98. The zero-order valence-electron chi connectivity index (χ0n) is 9.83. The molecule has 1 saturated heterocycles. The number of hydrogen-bond acceptors (Lipinski definition) is 3. The van der Waals surface area contributed by atoms with E-state index in [9.17, 15) is 5.26 Å². The average Bonchev–Trinajstić information content (AvgIpc) is 2.85. The summed E-state index contributed by atoms with van der Waals surface area (Å²) in [7, 11) is 0. The van der Waals surface area contributed by atoms with Gasteiger partial charge in [-0.05, 0) is 25.0 Å². The predicted molar refractivity (Wildman–Crippen MR) is 74.5 cm³/mol. The summed E-state index contributed by atoms with van der Waals surface area (Å²) in [6.45, 7) is 1.51. The van der Waals surface area contributed by atoms with Gasteiger partial charge in [-0.15, -0.1) is 0 Å². The van der Waals surface area contributed by atoms with Gasteiger partial charge in [-0.25, -0.2) is 0 Å². The van der Waals surface area contributed by atoms with Crippen LogP contribution in [0.4, 0.5) is 0 Å². The van der Waals surface area contributed by atoms with Crippen molar-refractivity contribution in [1.82, 2.24) is 5.32 Å². The molecule has 5 heteroatoms. The number of halogens is 2. The van der Waals surface area contributed by atoms with Gasteiger partial charge in [0.1, 0.15) is 6.04 Å². The smallest absolute Gasteiger partial charge is 0.122 e. The van der Waals surface area contributed by atoms with E-state index in [0.29, 0.717) is 11.6 Å². The van der Waals surface area contributed by atoms with Crippen LogP contribution in [-0.4, -0.2) is 19.3 Å². The van der Waals surface area contributed by atoms with Crippen LogP contribution >= 0.6 is 27.5 Å². The first-order chi connectivity index (χ1) is 8.70. The van der Waals surface area contributed by atoms with Crippen LogP contribution in [-0.2, 0) is 4.74 Å². The van der Waals surface area contributed by atoms with Crippen molar-refractivity contribution in [3.63, 3.8) is 0 Å². The number of benzene rings is 1. The summed E-state index contributed by atoms with van der Waals surface area (Å²) < 4.78 is 6.43. The van der Waals surface area contributed by atoms with Crippen LogP contribution in [0.2, 0.25) is 5.02 Å². The maximum atomic E-state index is 9.22. The fourth-order valence-electron chi connectivity index (χ4n) is 2.02. The number of ether oxygens (including phenoxy) is 1. The fraction of sp³-hybridized carbons (Fsp3) is 0.462. The minimum atomic E-state index is -0.394. The molecule has 2 unspecified atom stereocenters. The highest BCUT2D eigenvalue weighted by atomic mass is 79.9. The van der Waals surface area contributed by atoms with Crippen molar-refractivity contribution in [3.05, 3.63) is 33.3 Å². The third kappa shape index (κ3) is 3.46. The van der Waals surface area contributed by atoms with Gasteiger partial charge in [-0.3, -0.25) is 5.32 Å².